The van der Waals surface area contributed by atoms with Gasteiger partial charge in [0, 0.05) is 35.8 Å². The fraction of sp³-hybridized carbons (Fsp3) is 0.269. The highest BCUT2D eigenvalue weighted by Gasteiger charge is 2.30. The first-order chi connectivity index (χ1) is 16.2. The molecule has 178 valence electrons. The Bertz CT molecular complexity index is 1290. The largest absolute Gasteiger partial charge is 0.497 e. The van der Waals surface area contributed by atoms with Crippen molar-refractivity contribution in [3.63, 3.8) is 0 Å². The average Bonchev–Trinajstić information content (AvgIpc) is 3.16. The Kier molecular flexibility index (Phi) is 7.14. The van der Waals surface area contributed by atoms with Crippen LogP contribution in [-0.4, -0.2) is 29.1 Å². The first kappa shape index (κ1) is 24.1. The molecule has 1 atom stereocenters. The van der Waals surface area contributed by atoms with Gasteiger partial charge in [-0.1, -0.05) is 41.9 Å². The molecule has 0 aliphatic heterocycles. The molecule has 0 saturated heterocycles. The molecule has 1 N–H and O–H groups in total. The highest BCUT2D eigenvalue weighted by Crippen LogP contribution is 2.30. The third kappa shape index (κ3) is 5.54. The summed E-state index contributed by atoms with van der Waals surface area (Å²) in [5, 5.41) is 4.02. The highest BCUT2D eigenvalue weighted by atomic mass is 35.5. The SMILES string of the molecule is COc1cccc(-c2nc(CCNC(C)Cc3cccc(C(F)(F)F)c3)n3ccc(Cl)cc23)c1. The number of rotatable bonds is 8. The minimum Gasteiger partial charge on any atom is -0.497 e. The molecule has 34 heavy (non-hydrogen) atoms. The average molecular weight is 488 g/mol. The van der Waals surface area contributed by atoms with Crippen LogP contribution in [-0.2, 0) is 19.0 Å². The zero-order valence-corrected chi connectivity index (χ0v) is 19.6. The van der Waals surface area contributed by atoms with Gasteiger partial charge in [0.05, 0.1) is 23.9 Å². The first-order valence-electron chi connectivity index (χ1n) is 10.9. The minimum absolute atomic E-state index is 0.00186. The van der Waals surface area contributed by atoms with Gasteiger partial charge < -0.3 is 14.5 Å². The maximum atomic E-state index is 13.0. The van der Waals surface area contributed by atoms with E-state index in [2.05, 4.69) is 5.32 Å². The van der Waals surface area contributed by atoms with E-state index in [1.54, 1.807) is 13.2 Å². The van der Waals surface area contributed by atoms with Gasteiger partial charge in [-0.3, -0.25) is 0 Å². The number of halogens is 4. The van der Waals surface area contributed by atoms with Crippen molar-refractivity contribution < 1.29 is 17.9 Å². The second-order valence-corrected chi connectivity index (χ2v) is 8.65. The van der Waals surface area contributed by atoms with E-state index >= 15 is 0 Å². The van der Waals surface area contributed by atoms with Gasteiger partial charge in [0.15, 0.2) is 0 Å². The lowest BCUT2D eigenvalue weighted by Gasteiger charge is -2.15. The number of hydrogen-bond acceptors (Lipinski definition) is 3. The lowest BCUT2D eigenvalue weighted by Crippen LogP contribution is -2.30. The summed E-state index contributed by atoms with van der Waals surface area (Å²) >= 11 is 6.26. The van der Waals surface area contributed by atoms with Crippen molar-refractivity contribution in [2.45, 2.75) is 32.0 Å². The molecule has 0 aliphatic carbocycles. The molecular formula is C26H25ClF3N3O. The molecule has 0 aliphatic rings. The molecule has 2 heterocycles. The van der Waals surface area contributed by atoms with E-state index in [1.807, 2.05) is 53.9 Å². The molecule has 4 rings (SSSR count). The Labute approximate surface area is 201 Å². The van der Waals surface area contributed by atoms with Gasteiger partial charge in [-0.15, -0.1) is 0 Å². The van der Waals surface area contributed by atoms with Crippen molar-refractivity contribution in [2.24, 2.45) is 0 Å². The number of aromatic nitrogens is 2. The van der Waals surface area contributed by atoms with Gasteiger partial charge in [0.25, 0.3) is 0 Å². The number of hydrogen-bond donors (Lipinski definition) is 1. The maximum Gasteiger partial charge on any atom is 0.416 e. The number of ether oxygens (including phenoxy) is 1. The molecule has 1 unspecified atom stereocenters. The monoisotopic (exact) mass is 487 g/mol. The fourth-order valence-electron chi connectivity index (χ4n) is 4.01. The predicted octanol–water partition coefficient (Wildman–Crippen LogP) is 6.45. The van der Waals surface area contributed by atoms with E-state index in [0.717, 1.165) is 34.4 Å². The van der Waals surface area contributed by atoms with Gasteiger partial charge in [-0.2, -0.15) is 13.2 Å². The molecular weight excluding hydrogens is 463 g/mol. The van der Waals surface area contributed by atoms with E-state index in [0.29, 0.717) is 30.0 Å². The molecule has 0 spiro atoms. The summed E-state index contributed by atoms with van der Waals surface area (Å²) < 4.78 is 46.3. The van der Waals surface area contributed by atoms with Gasteiger partial charge >= 0.3 is 6.18 Å². The molecule has 0 saturated carbocycles. The van der Waals surface area contributed by atoms with Crippen LogP contribution in [0.5, 0.6) is 5.75 Å². The summed E-state index contributed by atoms with van der Waals surface area (Å²) in [5.41, 5.74) is 2.67. The number of alkyl halides is 3. The van der Waals surface area contributed by atoms with Crippen LogP contribution in [0.2, 0.25) is 5.02 Å². The molecule has 8 heteroatoms. The van der Waals surface area contributed by atoms with Crippen LogP contribution in [0, 0.1) is 0 Å². The van der Waals surface area contributed by atoms with Gasteiger partial charge in [-0.25, -0.2) is 4.98 Å². The lowest BCUT2D eigenvalue weighted by atomic mass is 10.0. The Morgan fingerprint density at radius 3 is 2.65 bits per heavy atom. The van der Waals surface area contributed by atoms with Gasteiger partial charge in [0.2, 0.25) is 0 Å². The summed E-state index contributed by atoms with van der Waals surface area (Å²) in [7, 11) is 1.62. The van der Waals surface area contributed by atoms with Crippen molar-refractivity contribution in [2.75, 3.05) is 13.7 Å². The Morgan fingerprint density at radius 1 is 1.09 bits per heavy atom. The minimum atomic E-state index is -4.34. The normalized spacial score (nSPS) is 12.8. The Balaban J connectivity index is 1.48. The van der Waals surface area contributed by atoms with Crippen molar-refractivity contribution >= 4 is 17.1 Å². The molecule has 0 bridgehead atoms. The third-order valence-electron chi connectivity index (χ3n) is 5.66. The smallest absolute Gasteiger partial charge is 0.416 e. The number of benzene rings is 2. The van der Waals surface area contributed by atoms with Gasteiger partial charge in [0.1, 0.15) is 11.6 Å². The van der Waals surface area contributed by atoms with Crippen molar-refractivity contribution in [3.05, 3.63) is 88.8 Å². The summed E-state index contributed by atoms with van der Waals surface area (Å²) in [5.74, 6) is 1.61. The zero-order chi connectivity index (χ0) is 24.3. The molecule has 0 radical (unpaired) electrons. The van der Waals surface area contributed by atoms with Crippen LogP contribution in [0.3, 0.4) is 0 Å². The van der Waals surface area contributed by atoms with E-state index in [9.17, 15) is 13.2 Å². The number of nitrogens with zero attached hydrogens (tertiary/aromatic N) is 2. The highest BCUT2D eigenvalue weighted by molar-refractivity contribution is 6.31. The molecule has 0 amide bonds. The molecule has 2 aromatic carbocycles. The Morgan fingerprint density at radius 2 is 1.88 bits per heavy atom. The van der Waals surface area contributed by atoms with Crippen LogP contribution in [0.15, 0.2) is 66.9 Å². The van der Waals surface area contributed by atoms with Crippen molar-refractivity contribution in [3.8, 4) is 17.0 Å². The quantitative estimate of drug-likeness (QED) is 0.310. The lowest BCUT2D eigenvalue weighted by molar-refractivity contribution is -0.137. The molecule has 2 aromatic heterocycles. The molecule has 4 aromatic rings. The zero-order valence-electron chi connectivity index (χ0n) is 18.9. The summed E-state index contributed by atoms with van der Waals surface area (Å²) in [6, 6.07) is 16.9. The number of pyridine rings is 1. The molecule has 4 nitrogen and oxygen atoms in total. The maximum absolute atomic E-state index is 13.0. The summed E-state index contributed by atoms with van der Waals surface area (Å²) in [6.07, 6.45) is -1.30. The van der Waals surface area contributed by atoms with E-state index < -0.39 is 11.7 Å². The number of imidazole rings is 1. The summed E-state index contributed by atoms with van der Waals surface area (Å²) in [6.45, 7) is 2.59. The third-order valence-corrected chi connectivity index (χ3v) is 5.89. The van der Waals surface area contributed by atoms with Crippen LogP contribution in [0.4, 0.5) is 13.2 Å². The predicted molar refractivity (Wildman–Crippen MR) is 129 cm³/mol. The first-order valence-corrected chi connectivity index (χ1v) is 11.3. The summed E-state index contributed by atoms with van der Waals surface area (Å²) in [4.78, 5) is 4.88. The fourth-order valence-corrected chi connectivity index (χ4v) is 4.17. The van der Waals surface area contributed by atoms with E-state index in [4.69, 9.17) is 21.3 Å². The van der Waals surface area contributed by atoms with Crippen LogP contribution in [0.1, 0.15) is 23.9 Å². The van der Waals surface area contributed by atoms with Crippen molar-refractivity contribution in [1.82, 2.24) is 14.7 Å². The second-order valence-electron chi connectivity index (χ2n) is 8.22. The van der Waals surface area contributed by atoms with Crippen molar-refractivity contribution in [1.29, 1.82) is 0 Å². The second kappa shape index (κ2) is 10.1. The van der Waals surface area contributed by atoms with Crippen LogP contribution >= 0.6 is 11.6 Å². The number of methoxy groups -OCH3 is 1. The van der Waals surface area contributed by atoms with Gasteiger partial charge in [-0.05, 0) is 49.2 Å². The Hall–Kier alpha value is -3.03. The van der Waals surface area contributed by atoms with E-state index in [-0.39, 0.29) is 6.04 Å². The van der Waals surface area contributed by atoms with Crippen LogP contribution < -0.4 is 10.1 Å². The topological polar surface area (TPSA) is 38.6 Å². The standard InChI is InChI=1S/C26H25ClF3N3O/c1-17(13-18-5-3-7-20(14-18)26(28,29)30)31-11-9-24-32-25(19-6-4-8-22(15-19)34-2)23-16-21(27)10-12-33(23)24/h3-8,10,12,14-17,31H,9,11,13H2,1-2H3. The van der Waals surface area contributed by atoms with E-state index in [1.165, 1.54) is 12.1 Å². The van der Waals surface area contributed by atoms with Crippen LogP contribution in [0.25, 0.3) is 16.8 Å². The number of fused-ring (bicyclic) bond motifs is 1. The molecule has 0 fully saturated rings. The number of nitrogens with one attached hydrogen (secondary N) is 1.